The Morgan fingerprint density at radius 1 is 1.13 bits per heavy atom. The van der Waals surface area contributed by atoms with Crippen molar-refractivity contribution in [3.05, 3.63) is 69.5 Å². The molecule has 0 N–H and O–H groups in total. The number of hydrogen-bond donors (Lipinski definition) is 0. The molecule has 8 heteroatoms. The van der Waals surface area contributed by atoms with Gasteiger partial charge in [-0.2, -0.15) is 0 Å². The Kier molecular flexibility index (Phi) is 6.41. The molecule has 0 fully saturated rings. The number of aryl methyl sites for hydroxylation is 1. The van der Waals surface area contributed by atoms with Crippen LogP contribution in [0.2, 0.25) is 5.02 Å². The van der Waals surface area contributed by atoms with Gasteiger partial charge in [-0.1, -0.05) is 54.6 Å². The number of ether oxygens (including phenoxy) is 1. The highest BCUT2D eigenvalue weighted by Crippen LogP contribution is 2.37. The quantitative estimate of drug-likeness (QED) is 0.284. The highest BCUT2D eigenvalue weighted by atomic mass is 35.5. The molecule has 0 amide bonds. The minimum absolute atomic E-state index is 0.0529. The van der Waals surface area contributed by atoms with Gasteiger partial charge in [0.1, 0.15) is 0 Å². The Balaban J connectivity index is 1.83. The van der Waals surface area contributed by atoms with Crippen LogP contribution in [-0.4, -0.2) is 32.9 Å². The first-order chi connectivity index (χ1) is 14.6. The van der Waals surface area contributed by atoms with Crippen LogP contribution < -0.4 is 5.56 Å². The van der Waals surface area contributed by atoms with E-state index in [9.17, 15) is 4.79 Å². The second-order valence-corrected chi connectivity index (χ2v) is 8.61. The van der Waals surface area contributed by atoms with E-state index in [0.29, 0.717) is 24.3 Å². The summed E-state index contributed by atoms with van der Waals surface area (Å²) in [5, 5.41) is 11.2. The summed E-state index contributed by atoms with van der Waals surface area (Å²) in [5.74, 6) is 0.559. The average Bonchev–Trinajstić information content (AvgIpc) is 3.19. The summed E-state index contributed by atoms with van der Waals surface area (Å²) >= 11 is 7.70. The highest BCUT2D eigenvalue weighted by molar-refractivity contribution is 7.99. The molecule has 156 valence electrons. The zero-order valence-corrected chi connectivity index (χ0v) is 18.5. The van der Waals surface area contributed by atoms with Crippen molar-refractivity contribution in [3.63, 3.8) is 0 Å². The van der Waals surface area contributed by atoms with Crippen molar-refractivity contribution in [1.82, 2.24) is 19.2 Å². The molecule has 0 aliphatic rings. The summed E-state index contributed by atoms with van der Waals surface area (Å²) < 4.78 is 8.85. The van der Waals surface area contributed by atoms with Gasteiger partial charge in [-0.15, -0.1) is 10.2 Å². The molecule has 4 rings (SSSR count). The number of rotatable bonds is 8. The molecular formula is C22H23ClN4O2S. The summed E-state index contributed by atoms with van der Waals surface area (Å²) in [4.78, 5) is 13.1. The molecule has 1 atom stereocenters. The predicted octanol–water partition coefficient (Wildman–Crippen LogP) is 4.98. The lowest BCUT2D eigenvalue weighted by Crippen LogP contribution is -2.24. The van der Waals surface area contributed by atoms with E-state index in [0.717, 1.165) is 28.5 Å². The summed E-state index contributed by atoms with van der Waals surface area (Å²) in [6.45, 7) is 3.25. The molecule has 4 aromatic rings. The molecule has 30 heavy (non-hydrogen) atoms. The third-order valence-electron chi connectivity index (χ3n) is 5.07. The van der Waals surface area contributed by atoms with Gasteiger partial charge in [-0.3, -0.25) is 13.8 Å². The maximum absolute atomic E-state index is 13.1. The molecule has 0 radical (unpaired) electrons. The van der Waals surface area contributed by atoms with Crippen LogP contribution in [0.1, 0.15) is 30.6 Å². The molecule has 6 nitrogen and oxygen atoms in total. The molecule has 1 unspecified atom stereocenters. The fraction of sp³-hybridized carbons (Fsp3) is 0.318. The van der Waals surface area contributed by atoms with Crippen LogP contribution in [0.3, 0.4) is 0 Å². The lowest BCUT2D eigenvalue weighted by atomic mass is 10.1. The van der Waals surface area contributed by atoms with Gasteiger partial charge in [0.15, 0.2) is 5.16 Å². The van der Waals surface area contributed by atoms with Gasteiger partial charge in [0.05, 0.1) is 10.9 Å². The maximum Gasteiger partial charge on any atom is 0.262 e. The second-order valence-electron chi connectivity index (χ2n) is 7.00. The zero-order valence-electron chi connectivity index (χ0n) is 16.9. The van der Waals surface area contributed by atoms with Gasteiger partial charge in [0.25, 0.3) is 5.56 Å². The number of hydrogen-bond acceptors (Lipinski definition) is 5. The number of halogens is 1. The molecular weight excluding hydrogens is 420 g/mol. The fourth-order valence-corrected chi connectivity index (χ4v) is 4.78. The third-order valence-corrected chi connectivity index (χ3v) is 6.69. The number of benzene rings is 2. The molecule has 0 saturated heterocycles. The van der Waals surface area contributed by atoms with Crippen molar-refractivity contribution in [2.45, 2.75) is 36.7 Å². The van der Waals surface area contributed by atoms with E-state index in [1.807, 2.05) is 52.9 Å². The molecule has 0 spiro atoms. The number of aromatic nitrogens is 4. The van der Waals surface area contributed by atoms with Crippen LogP contribution in [-0.2, 0) is 11.3 Å². The van der Waals surface area contributed by atoms with Crippen LogP contribution in [0, 0.1) is 0 Å². The van der Waals surface area contributed by atoms with Crippen molar-refractivity contribution < 1.29 is 4.74 Å². The van der Waals surface area contributed by atoms with E-state index in [1.54, 1.807) is 23.4 Å². The first-order valence-corrected chi connectivity index (χ1v) is 11.2. The third kappa shape index (κ3) is 3.97. The highest BCUT2D eigenvalue weighted by Gasteiger charge is 2.20. The molecule has 2 aromatic heterocycles. The second kappa shape index (κ2) is 9.20. The van der Waals surface area contributed by atoms with Gasteiger partial charge in [-0.25, -0.2) is 0 Å². The van der Waals surface area contributed by atoms with E-state index >= 15 is 0 Å². The fourth-order valence-electron chi connectivity index (χ4n) is 3.57. The Labute approximate surface area is 183 Å². The van der Waals surface area contributed by atoms with Gasteiger partial charge >= 0.3 is 0 Å². The molecule has 0 aliphatic carbocycles. The molecule has 0 bridgehead atoms. The molecule has 2 heterocycles. The minimum Gasteiger partial charge on any atom is -0.385 e. The van der Waals surface area contributed by atoms with E-state index in [-0.39, 0.29) is 10.8 Å². The van der Waals surface area contributed by atoms with E-state index in [4.69, 9.17) is 16.3 Å². The Bertz CT molecular complexity index is 1220. The van der Waals surface area contributed by atoms with E-state index in [1.165, 1.54) is 5.56 Å². The van der Waals surface area contributed by atoms with Crippen LogP contribution in [0.25, 0.3) is 16.7 Å². The maximum atomic E-state index is 13.1. The lowest BCUT2D eigenvalue weighted by molar-refractivity contribution is 0.190. The normalized spacial score (nSPS) is 12.6. The van der Waals surface area contributed by atoms with Crippen molar-refractivity contribution >= 4 is 40.0 Å². The van der Waals surface area contributed by atoms with Gasteiger partial charge in [0, 0.05) is 30.5 Å². The predicted molar refractivity (Wildman–Crippen MR) is 122 cm³/mol. The largest absolute Gasteiger partial charge is 0.385 e. The van der Waals surface area contributed by atoms with E-state index < -0.39 is 0 Å². The SMILES string of the molecule is CCC(Sc1nnc2n(CCCOC)c(=O)c3ccccc3n12)c1ccc(Cl)cc1. The van der Waals surface area contributed by atoms with Crippen molar-refractivity contribution in [2.75, 3.05) is 13.7 Å². The van der Waals surface area contributed by atoms with Gasteiger partial charge in [-0.05, 0) is 42.7 Å². The number of nitrogens with zero attached hydrogens (tertiary/aromatic N) is 4. The number of thioether (sulfide) groups is 1. The molecule has 0 aliphatic heterocycles. The summed E-state index contributed by atoms with van der Waals surface area (Å²) in [6.07, 6.45) is 1.65. The number of para-hydroxylation sites is 1. The van der Waals surface area contributed by atoms with Gasteiger partial charge < -0.3 is 4.74 Å². The minimum atomic E-state index is -0.0529. The number of fused-ring (bicyclic) bond motifs is 3. The summed E-state index contributed by atoms with van der Waals surface area (Å²) in [7, 11) is 1.66. The van der Waals surface area contributed by atoms with E-state index in [2.05, 4.69) is 17.1 Å². The molecule has 0 saturated carbocycles. The van der Waals surface area contributed by atoms with Crippen molar-refractivity contribution in [2.24, 2.45) is 0 Å². The zero-order chi connectivity index (χ0) is 21.1. The van der Waals surface area contributed by atoms with Crippen molar-refractivity contribution in [3.8, 4) is 0 Å². The number of methoxy groups -OCH3 is 1. The topological polar surface area (TPSA) is 61.4 Å². The van der Waals surface area contributed by atoms with Crippen LogP contribution in [0.15, 0.2) is 58.5 Å². The Hall–Kier alpha value is -2.35. The lowest BCUT2D eigenvalue weighted by Gasteiger charge is -2.15. The van der Waals surface area contributed by atoms with Crippen molar-refractivity contribution in [1.29, 1.82) is 0 Å². The summed E-state index contributed by atoms with van der Waals surface area (Å²) in [6, 6.07) is 15.5. The summed E-state index contributed by atoms with van der Waals surface area (Å²) in [5.41, 5.74) is 1.95. The van der Waals surface area contributed by atoms with Crippen LogP contribution >= 0.6 is 23.4 Å². The molecule has 2 aromatic carbocycles. The Morgan fingerprint density at radius 2 is 1.90 bits per heavy atom. The standard InChI is InChI=1S/C22H23ClN4O2S/c1-3-19(15-9-11-16(23)12-10-15)30-22-25-24-21-26(13-6-14-29-2)20(28)17-7-4-5-8-18(17)27(21)22/h4-5,7-12,19H,3,6,13-14H2,1-2H3. The van der Waals surface area contributed by atoms with Gasteiger partial charge in [0.2, 0.25) is 5.78 Å². The first kappa shape index (κ1) is 20.9. The average molecular weight is 443 g/mol. The Morgan fingerprint density at radius 3 is 2.63 bits per heavy atom. The monoisotopic (exact) mass is 442 g/mol. The first-order valence-electron chi connectivity index (χ1n) is 9.91. The van der Waals surface area contributed by atoms with Crippen LogP contribution in [0.4, 0.5) is 0 Å². The van der Waals surface area contributed by atoms with Crippen LogP contribution in [0.5, 0.6) is 0 Å². The smallest absolute Gasteiger partial charge is 0.262 e.